The highest BCUT2D eigenvalue weighted by molar-refractivity contribution is 5.79. The smallest absolute Gasteiger partial charge is 0.408 e. The lowest BCUT2D eigenvalue weighted by atomic mass is 10.1. The summed E-state index contributed by atoms with van der Waals surface area (Å²) < 4.78 is 7.27. The molecule has 0 bridgehead atoms. The van der Waals surface area contributed by atoms with E-state index in [-0.39, 0.29) is 17.8 Å². The number of fused-ring (bicyclic) bond motifs is 1. The zero-order valence-electron chi connectivity index (χ0n) is 17.8. The number of hydrogen-bond acceptors (Lipinski definition) is 6. The number of amides is 1. The van der Waals surface area contributed by atoms with E-state index >= 15 is 0 Å². The van der Waals surface area contributed by atoms with Crippen molar-refractivity contribution in [3.8, 4) is 0 Å². The van der Waals surface area contributed by atoms with E-state index in [1.807, 2.05) is 6.92 Å². The summed E-state index contributed by atoms with van der Waals surface area (Å²) in [4.78, 5) is 35.4. The van der Waals surface area contributed by atoms with Crippen LogP contribution in [0.25, 0.3) is 16.8 Å². The lowest BCUT2D eigenvalue weighted by Crippen LogP contribution is -2.47. The maximum Gasteiger partial charge on any atom is 0.408 e. The fourth-order valence-electron chi connectivity index (χ4n) is 4.60. The predicted octanol–water partition coefficient (Wildman–Crippen LogP) is 3.82. The van der Waals surface area contributed by atoms with Gasteiger partial charge in [0, 0.05) is 24.2 Å². The van der Waals surface area contributed by atoms with Crippen molar-refractivity contribution in [2.45, 2.75) is 64.1 Å². The summed E-state index contributed by atoms with van der Waals surface area (Å²) in [5.41, 5.74) is 0.822. The summed E-state index contributed by atoms with van der Waals surface area (Å²) in [6.45, 7) is 6.69. The van der Waals surface area contributed by atoms with Crippen LogP contribution in [-0.2, 0) is 4.74 Å². The van der Waals surface area contributed by atoms with E-state index in [0.717, 1.165) is 43.9 Å². The number of ether oxygens (including phenoxy) is 1. The molecule has 1 atom stereocenters. The van der Waals surface area contributed by atoms with Gasteiger partial charge in [-0.3, -0.25) is 14.3 Å². The summed E-state index contributed by atoms with van der Waals surface area (Å²) >= 11 is 0. The van der Waals surface area contributed by atoms with Gasteiger partial charge in [-0.05, 0) is 45.1 Å². The van der Waals surface area contributed by atoms with Crippen LogP contribution in [0.4, 0.5) is 10.7 Å². The second-order valence-electron chi connectivity index (χ2n) is 8.13. The molecule has 0 spiro atoms. The average Bonchev–Trinajstić information content (AvgIpc) is 3.28. The van der Waals surface area contributed by atoms with Crippen LogP contribution in [0.15, 0.2) is 23.6 Å². The molecule has 3 heterocycles. The van der Waals surface area contributed by atoms with Gasteiger partial charge in [-0.2, -0.15) is 4.98 Å². The molecule has 9 heteroatoms. The molecule has 166 valence electrons. The molecule has 2 fully saturated rings. The Labute approximate surface area is 180 Å². The maximum absolute atomic E-state index is 13.4. The van der Waals surface area contributed by atoms with Gasteiger partial charge < -0.3 is 15.2 Å². The number of nitrogens with zero attached hydrogens (tertiary/aromatic N) is 4. The number of pyridine rings is 1. The van der Waals surface area contributed by atoms with Gasteiger partial charge >= 0.3 is 6.09 Å². The largest absolute Gasteiger partial charge is 0.494 e. The maximum atomic E-state index is 13.4. The summed E-state index contributed by atoms with van der Waals surface area (Å²) in [5.74, 6) is 0.677. The van der Waals surface area contributed by atoms with Crippen molar-refractivity contribution in [3.05, 3.63) is 34.8 Å². The van der Waals surface area contributed by atoms with Crippen molar-refractivity contribution in [1.29, 1.82) is 0 Å². The fourth-order valence-corrected chi connectivity index (χ4v) is 4.60. The molecule has 1 aliphatic heterocycles. The molecule has 1 saturated carbocycles. The molecule has 9 nitrogen and oxygen atoms in total. The minimum atomic E-state index is -0.958. The second kappa shape index (κ2) is 8.95. The lowest BCUT2D eigenvalue weighted by Gasteiger charge is -2.33. The molecule has 2 aromatic heterocycles. The normalized spacial score (nSPS) is 19.5. The van der Waals surface area contributed by atoms with Crippen LogP contribution in [0.5, 0.6) is 0 Å². The Morgan fingerprint density at radius 3 is 2.74 bits per heavy atom. The van der Waals surface area contributed by atoms with Gasteiger partial charge in [0.25, 0.3) is 5.56 Å². The van der Waals surface area contributed by atoms with Crippen molar-refractivity contribution < 1.29 is 14.6 Å². The topological polar surface area (TPSA) is 110 Å². The fraction of sp³-hybridized carbons (Fsp3) is 0.545. The number of aromatic nitrogens is 3. The first-order chi connectivity index (χ1) is 15.0. The molecule has 1 amide bonds. The standard InChI is InChI=1S/C22H29N5O4/c1-3-31-14(2)17-12-15-13-23-21(24-18-10-6-7-11-26(18)22(29)30)25-19(15)27(20(17)28)16-8-4-5-9-16/h12-13,16,18H,2-11H2,1H3,(H,29,30)(H,23,24,25). The van der Waals surface area contributed by atoms with Crippen LogP contribution in [0.1, 0.15) is 63.5 Å². The lowest BCUT2D eigenvalue weighted by molar-refractivity contribution is 0.114. The van der Waals surface area contributed by atoms with E-state index in [2.05, 4.69) is 21.9 Å². The van der Waals surface area contributed by atoms with E-state index in [4.69, 9.17) is 4.74 Å². The van der Waals surface area contributed by atoms with Crippen LogP contribution in [0.2, 0.25) is 0 Å². The predicted molar refractivity (Wildman–Crippen MR) is 118 cm³/mol. The summed E-state index contributed by atoms with van der Waals surface area (Å²) in [6.07, 6.45) is 6.78. The zero-order valence-corrected chi connectivity index (χ0v) is 17.8. The molecule has 0 aromatic carbocycles. The van der Waals surface area contributed by atoms with E-state index in [0.29, 0.717) is 42.5 Å². The van der Waals surface area contributed by atoms with Gasteiger partial charge in [0.05, 0.1) is 12.2 Å². The molecule has 31 heavy (non-hydrogen) atoms. The van der Waals surface area contributed by atoms with Crippen LogP contribution >= 0.6 is 0 Å². The molecular weight excluding hydrogens is 398 g/mol. The van der Waals surface area contributed by atoms with Gasteiger partial charge in [-0.1, -0.05) is 19.4 Å². The number of piperidine rings is 1. The monoisotopic (exact) mass is 427 g/mol. The van der Waals surface area contributed by atoms with Crippen LogP contribution in [0.3, 0.4) is 0 Å². The molecule has 2 aromatic rings. The molecule has 1 saturated heterocycles. The number of hydrogen-bond donors (Lipinski definition) is 2. The number of rotatable bonds is 6. The molecule has 2 aliphatic rings. The van der Waals surface area contributed by atoms with Crippen LogP contribution in [0, 0.1) is 0 Å². The van der Waals surface area contributed by atoms with E-state index < -0.39 is 6.09 Å². The Balaban J connectivity index is 1.76. The number of carbonyl (C=O) groups is 1. The summed E-state index contributed by atoms with van der Waals surface area (Å²) in [5, 5.41) is 13.4. The third-order valence-corrected chi connectivity index (χ3v) is 6.13. The molecule has 1 unspecified atom stereocenters. The van der Waals surface area contributed by atoms with Crippen molar-refractivity contribution in [1.82, 2.24) is 19.4 Å². The number of nitrogens with one attached hydrogen (secondary N) is 1. The highest BCUT2D eigenvalue weighted by Crippen LogP contribution is 2.31. The molecule has 4 rings (SSSR count). The van der Waals surface area contributed by atoms with E-state index in [9.17, 15) is 14.7 Å². The number of carboxylic acid groups (broad SMARTS) is 1. The van der Waals surface area contributed by atoms with Gasteiger partial charge in [0.15, 0.2) is 0 Å². The van der Waals surface area contributed by atoms with Crippen LogP contribution in [-0.4, -0.2) is 50.0 Å². The Morgan fingerprint density at radius 2 is 2.03 bits per heavy atom. The van der Waals surface area contributed by atoms with Crippen LogP contribution < -0.4 is 10.9 Å². The second-order valence-corrected chi connectivity index (χ2v) is 8.13. The van der Waals surface area contributed by atoms with E-state index in [1.165, 1.54) is 4.90 Å². The Kier molecular flexibility index (Phi) is 6.11. The van der Waals surface area contributed by atoms with Crippen molar-refractivity contribution >= 4 is 28.8 Å². The minimum Gasteiger partial charge on any atom is -0.494 e. The minimum absolute atomic E-state index is 0.0670. The highest BCUT2D eigenvalue weighted by Gasteiger charge is 2.28. The van der Waals surface area contributed by atoms with Crippen molar-refractivity contribution in [2.24, 2.45) is 0 Å². The number of anilines is 1. The Morgan fingerprint density at radius 1 is 1.29 bits per heavy atom. The third-order valence-electron chi connectivity index (χ3n) is 6.13. The van der Waals surface area contributed by atoms with Gasteiger partial charge in [-0.15, -0.1) is 0 Å². The Bertz CT molecular complexity index is 1040. The quantitative estimate of drug-likeness (QED) is 0.675. The Hall–Kier alpha value is -3.10. The first kappa shape index (κ1) is 21.1. The average molecular weight is 428 g/mol. The van der Waals surface area contributed by atoms with Crippen molar-refractivity contribution in [3.63, 3.8) is 0 Å². The molecule has 1 aliphatic carbocycles. The SMILES string of the molecule is C=C(OCC)c1cc2cnc(NC3CCCCN3C(=O)O)nc2n(C2CCCC2)c1=O. The van der Waals surface area contributed by atoms with Gasteiger partial charge in [0.1, 0.15) is 17.6 Å². The summed E-state index contributed by atoms with van der Waals surface area (Å²) in [6, 6.07) is 1.80. The highest BCUT2D eigenvalue weighted by atomic mass is 16.5. The first-order valence-corrected chi connectivity index (χ1v) is 11.0. The number of likely N-dealkylation sites (tertiary alicyclic amines) is 1. The molecule has 0 radical (unpaired) electrons. The molecule has 2 N–H and O–H groups in total. The third kappa shape index (κ3) is 4.22. The van der Waals surface area contributed by atoms with Crippen molar-refractivity contribution in [2.75, 3.05) is 18.5 Å². The van der Waals surface area contributed by atoms with Gasteiger partial charge in [0.2, 0.25) is 5.95 Å². The van der Waals surface area contributed by atoms with Gasteiger partial charge in [-0.25, -0.2) is 9.78 Å². The zero-order chi connectivity index (χ0) is 22.0. The summed E-state index contributed by atoms with van der Waals surface area (Å²) in [7, 11) is 0. The molecular formula is C22H29N5O4. The van der Waals surface area contributed by atoms with E-state index in [1.54, 1.807) is 16.8 Å². The first-order valence-electron chi connectivity index (χ1n) is 11.0.